The largest absolute Gasteiger partial charge is 0.416 e. The van der Waals surface area contributed by atoms with Gasteiger partial charge in [-0.3, -0.25) is 4.79 Å². The number of benzene rings is 2. The zero-order valence-electron chi connectivity index (χ0n) is 17.6. The van der Waals surface area contributed by atoms with Crippen molar-refractivity contribution in [3.8, 4) is 0 Å². The van der Waals surface area contributed by atoms with E-state index in [-0.39, 0.29) is 11.7 Å². The van der Waals surface area contributed by atoms with Gasteiger partial charge in [0.25, 0.3) is 0 Å². The average Bonchev–Trinajstić information content (AvgIpc) is 2.83. The smallest absolute Gasteiger partial charge is 0.368 e. The Morgan fingerprint density at radius 2 is 1.61 bits per heavy atom. The molecule has 1 N–H and O–H groups in total. The number of piperazine rings is 1. The number of anilines is 3. The molecular formula is C23H22F3N5OS. The Balaban J connectivity index is 1.28. The van der Waals surface area contributed by atoms with Gasteiger partial charge in [0, 0.05) is 43.6 Å². The van der Waals surface area contributed by atoms with Gasteiger partial charge >= 0.3 is 6.18 Å². The van der Waals surface area contributed by atoms with Crippen LogP contribution in [0.3, 0.4) is 0 Å². The van der Waals surface area contributed by atoms with Crippen LogP contribution < -0.4 is 15.1 Å². The molecule has 1 fully saturated rings. The first kappa shape index (κ1) is 22.9. The van der Waals surface area contributed by atoms with E-state index in [0.29, 0.717) is 10.7 Å². The minimum Gasteiger partial charge on any atom is -0.368 e. The fourth-order valence-electron chi connectivity index (χ4n) is 3.49. The van der Waals surface area contributed by atoms with Gasteiger partial charge in [-0.05, 0) is 36.4 Å². The lowest BCUT2D eigenvalue weighted by atomic mass is 10.2. The van der Waals surface area contributed by atoms with Crippen molar-refractivity contribution in [2.75, 3.05) is 47.0 Å². The molecule has 33 heavy (non-hydrogen) atoms. The molecule has 3 aromatic rings. The number of carbonyl (C=O) groups is 1. The topological polar surface area (TPSA) is 61.4 Å². The van der Waals surface area contributed by atoms with Crippen molar-refractivity contribution in [1.82, 2.24) is 9.97 Å². The van der Waals surface area contributed by atoms with E-state index >= 15 is 0 Å². The van der Waals surface area contributed by atoms with Crippen LogP contribution in [-0.2, 0) is 11.0 Å². The molecule has 1 aromatic heterocycles. The summed E-state index contributed by atoms with van der Waals surface area (Å²) < 4.78 is 37.9. The molecule has 0 saturated carbocycles. The number of para-hydroxylation sites is 1. The second-order valence-electron chi connectivity index (χ2n) is 7.44. The zero-order valence-corrected chi connectivity index (χ0v) is 18.4. The van der Waals surface area contributed by atoms with Gasteiger partial charge in [0.2, 0.25) is 5.91 Å². The number of alkyl halides is 3. The first-order valence-electron chi connectivity index (χ1n) is 10.4. The monoisotopic (exact) mass is 473 g/mol. The highest BCUT2D eigenvalue weighted by atomic mass is 32.2. The van der Waals surface area contributed by atoms with E-state index in [9.17, 15) is 18.0 Å². The molecule has 10 heteroatoms. The maximum Gasteiger partial charge on any atom is 0.416 e. The molecule has 2 heterocycles. The Morgan fingerprint density at radius 1 is 0.939 bits per heavy atom. The van der Waals surface area contributed by atoms with Crippen LogP contribution in [-0.4, -0.2) is 47.8 Å². The summed E-state index contributed by atoms with van der Waals surface area (Å²) in [5.41, 5.74) is 0.761. The summed E-state index contributed by atoms with van der Waals surface area (Å²) in [5, 5.41) is 3.26. The first-order valence-corrected chi connectivity index (χ1v) is 11.3. The molecule has 0 aliphatic carbocycles. The highest BCUT2D eigenvalue weighted by molar-refractivity contribution is 7.99. The van der Waals surface area contributed by atoms with Crippen molar-refractivity contribution in [2.24, 2.45) is 0 Å². The van der Waals surface area contributed by atoms with Crippen molar-refractivity contribution >= 4 is 34.9 Å². The predicted molar refractivity (Wildman–Crippen MR) is 124 cm³/mol. The lowest BCUT2D eigenvalue weighted by Crippen LogP contribution is -2.46. The number of carbonyl (C=O) groups excluding carboxylic acids is 1. The molecule has 0 unspecified atom stereocenters. The van der Waals surface area contributed by atoms with E-state index in [4.69, 9.17) is 0 Å². The highest BCUT2D eigenvalue weighted by Gasteiger charge is 2.30. The highest BCUT2D eigenvalue weighted by Crippen LogP contribution is 2.30. The van der Waals surface area contributed by atoms with E-state index in [2.05, 4.69) is 37.2 Å². The molecule has 2 aromatic carbocycles. The molecule has 0 atom stereocenters. The van der Waals surface area contributed by atoms with Crippen LogP contribution in [0.1, 0.15) is 5.56 Å². The Morgan fingerprint density at radius 3 is 2.27 bits per heavy atom. The molecule has 0 spiro atoms. The molecule has 1 aliphatic heterocycles. The molecular weight excluding hydrogens is 451 g/mol. The van der Waals surface area contributed by atoms with Gasteiger partial charge in [-0.2, -0.15) is 13.2 Å². The minimum absolute atomic E-state index is 0.0826. The van der Waals surface area contributed by atoms with Gasteiger partial charge in [0.1, 0.15) is 17.2 Å². The molecule has 172 valence electrons. The summed E-state index contributed by atoms with van der Waals surface area (Å²) in [6.45, 7) is 3.41. The van der Waals surface area contributed by atoms with Crippen LogP contribution in [0.4, 0.5) is 30.4 Å². The number of hydrogen-bond acceptors (Lipinski definition) is 6. The van der Waals surface area contributed by atoms with Crippen LogP contribution in [0.25, 0.3) is 0 Å². The molecule has 0 bridgehead atoms. The molecule has 6 nitrogen and oxygen atoms in total. The first-order chi connectivity index (χ1) is 15.9. The van der Waals surface area contributed by atoms with Gasteiger partial charge in [-0.15, -0.1) is 0 Å². The summed E-state index contributed by atoms with van der Waals surface area (Å²) in [4.78, 5) is 25.3. The van der Waals surface area contributed by atoms with Gasteiger partial charge in [0.05, 0.1) is 11.3 Å². The summed E-state index contributed by atoms with van der Waals surface area (Å²) >= 11 is 1.25. The van der Waals surface area contributed by atoms with Crippen LogP contribution in [0.2, 0.25) is 0 Å². The number of nitrogens with one attached hydrogen (secondary N) is 1. The Kier molecular flexibility index (Phi) is 7.02. The van der Waals surface area contributed by atoms with E-state index in [1.54, 1.807) is 0 Å². The third kappa shape index (κ3) is 6.16. The summed E-state index contributed by atoms with van der Waals surface area (Å²) in [6.07, 6.45) is -2.92. The maximum atomic E-state index is 12.6. The molecule has 4 rings (SSSR count). The lowest BCUT2D eigenvalue weighted by Gasteiger charge is -2.36. The van der Waals surface area contributed by atoms with Crippen molar-refractivity contribution in [1.29, 1.82) is 0 Å². The summed E-state index contributed by atoms with van der Waals surface area (Å²) in [6, 6.07) is 16.5. The van der Waals surface area contributed by atoms with Crippen molar-refractivity contribution < 1.29 is 18.0 Å². The minimum atomic E-state index is -4.41. The second-order valence-corrected chi connectivity index (χ2v) is 8.43. The Hall–Kier alpha value is -3.27. The number of thioether (sulfide) groups is 1. The fraction of sp³-hybridized carbons (Fsp3) is 0.261. The van der Waals surface area contributed by atoms with Gasteiger partial charge in [0.15, 0.2) is 0 Å². The zero-order chi connectivity index (χ0) is 23.3. The SMILES string of the molecule is O=C(CSc1cc(N2CCN(c3ccccc3)CC2)ncn1)Nc1ccc(C(F)(F)F)cc1. The van der Waals surface area contributed by atoms with Crippen LogP contribution >= 0.6 is 11.8 Å². The van der Waals surface area contributed by atoms with Gasteiger partial charge in [-0.1, -0.05) is 30.0 Å². The number of rotatable bonds is 6. The van der Waals surface area contributed by atoms with Crippen molar-refractivity contribution in [2.45, 2.75) is 11.2 Å². The standard InChI is InChI=1S/C23H22F3N5OS/c24-23(25,26)17-6-8-18(9-7-17)29-21(32)15-33-22-14-20(27-16-28-22)31-12-10-30(11-13-31)19-4-2-1-3-5-19/h1-9,14,16H,10-13,15H2,(H,29,32). The van der Waals surface area contributed by atoms with Gasteiger partial charge < -0.3 is 15.1 Å². The number of hydrogen-bond donors (Lipinski definition) is 1. The normalized spacial score (nSPS) is 14.3. The third-order valence-electron chi connectivity index (χ3n) is 5.20. The van der Waals surface area contributed by atoms with E-state index < -0.39 is 11.7 Å². The Bertz CT molecular complexity index is 1070. The number of amides is 1. The maximum absolute atomic E-state index is 12.6. The summed E-state index contributed by atoms with van der Waals surface area (Å²) in [5.74, 6) is 0.568. The van der Waals surface area contributed by atoms with E-state index in [0.717, 1.165) is 44.1 Å². The van der Waals surface area contributed by atoms with Crippen molar-refractivity contribution in [3.05, 3.63) is 72.6 Å². The predicted octanol–water partition coefficient (Wildman–Crippen LogP) is 4.55. The quantitative estimate of drug-likeness (QED) is 0.419. The van der Waals surface area contributed by atoms with Crippen molar-refractivity contribution in [3.63, 3.8) is 0 Å². The third-order valence-corrected chi connectivity index (χ3v) is 6.13. The molecule has 0 radical (unpaired) electrons. The fourth-order valence-corrected chi connectivity index (χ4v) is 4.16. The van der Waals surface area contributed by atoms with Crippen LogP contribution in [0, 0.1) is 0 Å². The molecule has 1 saturated heterocycles. The van der Waals surface area contributed by atoms with Gasteiger partial charge in [-0.25, -0.2) is 9.97 Å². The number of halogens is 3. The van der Waals surface area contributed by atoms with Crippen LogP contribution in [0.5, 0.6) is 0 Å². The van der Waals surface area contributed by atoms with Crippen LogP contribution in [0.15, 0.2) is 72.0 Å². The van der Waals surface area contributed by atoms with E-state index in [1.807, 2.05) is 24.3 Å². The number of nitrogens with zero attached hydrogens (tertiary/aromatic N) is 4. The second kappa shape index (κ2) is 10.1. The molecule has 1 amide bonds. The van der Waals surface area contributed by atoms with E-state index in [1.165, 1.54) is 35.9 Å². The average molecular weight is 474 g/mol. The Labute approximate surface area is 193 Å². The molecule has 1 aliphatic rings. The summed E-state index contributed by atoms with van der Waals surface area (Å²) in [7, 11) is 0. The number of aromatic nitrogens is 2. The lowest BCUT2D eigenvalue weighted by molar-refractivity contribution is -0.137.